The number of hydrazone groups is 1. The highest BCUT2D eigenvalue weighted by atomic mass is 32.2. The Bertz CT molecular complexity index is 1090. The number of nitrogens with one attached hydrogen (secondary N) is 2. The Morgan fingerprint density at radius 1 is 1.00 bits per heavy atom. The first kappa shape index (κ1) is 21.8. The number of carboxylic acid groups (broad SMARTS) is 1. The highest BCUT2D eigenvalue weighted by Crippen LogP contribution is 2.15. The summed E-state index contributed by atoms with van der Waals surface area (Å²) in [5.74, 6) is -1.79. The Hall–Kier alpha value is -3.46. The zero-order valence-electron chi connectivity index (χ0n) is 16.1. The average molecular weight is 415 g/mol. The van der Waals surface area contributed by atoms with Crippen molar-refractivity contribution in [1.29, 1.82) is 0 Å². The second-order valence-corrected chi connectivity index (χ2v) is 7.94. The number of carboxylic acids is 1. The van der Waals surface area contributed by atoms with E-state index < -0.39 is 21.9 Å². The van der Waals surface area contributed by atoms with Crippen LogP contribution in [0.25, 0.3) is 0 Å². The molecule has 1 amide bonds. The number of aryl methyl sites for hydroxylation is 2. The number of rotatable bonds is 7. The van der Waals surface area contributed by atoms with Crippen LogP contribution in [0.15, 0.2) is 64.6 Å². The molecule has 0 aliphatic rings. The van der Waals surface area contributed by atoms with E-state index in [9.17, 15) is 18.0 Å². The van der Waals surface area contributed by atoms with Crippen molar-refractivity contribution in [2.24, 2.45) is 5.10 Å². The van der Waals surface area contributed by atoms with Gasteiger partial charge >= 0.3 is 5.97 Å². The van der Waals surface area contributed by atoms with E-state index in [1.807, 2.05) is 13.8 Å². The molecule has 0 bridgehead atoms. The number of hydrogen-bond acceptors (Lipinski definition) is 5. The van der Waals surface area contributed by atoms with Gasteiger partial charge in [-0.3, -0.25) is 4.79 Å². The predicted octanol–water partition coefficient (Wildman–Crippen LogP) is 2.59. The van der Waals surface area contributed by atoms with Crippen LogP contribution in [-0.4, -0.2) is 31.1 Å². The van der Waals surface area contributed by atoms with Crippen LogP contribution in [0.3, 0.4) is 0 Å². The topological polar surface area (TPSA) is 125 Å². The summed E-state index contributed by atoms with van der Waals surface area (Å²) >= 11 is 0. The van der Waals surface area contributed by atoms with Crippen molar-refractivity contribution in [2.75, 3.05) is 5.32 Å². The molecule has 0 unspecified atom stereocenters. The van der Waals surface area contributed by atoms with Crippen molar-refractivity contribution in [2.45, 2.75) is 25.7 Å². The van der Waals surface area contributed by atoms with E-state index in [-0.39, 0.29) is 4.90 Å². The van der Waals surface area contributed by atoms with Crippen molar-refractivity contribution in [3.05, 3.63) is 71.3 Å². The molecule has 0 aliphatic heterocycles. The molecule has 0 saturated carbocycles. The molecule has 3 N–H and O–H groups in total. The zero-order valence-corrected chi connectivity index (χ0v) is 16.9. The third-order valence-electron chi connectivity index (χ3n) is 4.07. The highest BCUT2D eigenvalue weighted by Gasteiger charge is 2.14. The number of anilines is 1. The number of carbonyl (C=O) groups is 2. The first-order chi connectivity index (χ1) is 13.6. The van der Waals surface area contributed by atoms with Crippen molar-refractivity contribution >= 4 is 33.3 Å². The van der Waals surface area contributed by atoms with Crippen molar-refractivity contribution < 1.29 is 23.1 Å². The van der Waals surface area contributed by atoms with Gasteiger partial charge in [0.05, 0.1) is 10.6 Å². The molecule has 0 heterocycles. The Balaban J connectivity index is 2.08. The van der Waals surface area contributed by atoms with Gasteiger partial charge in [-0.05, 0) is 61.7 Å². The Kier molecular flexibility index (Phi) is 6.89. The number of aliphatic carboxylic acids is 1. The molecule has 152 valence electrons. The van der Waals surface area contributed by atoms with E-state index >= 15 is 0 Å². The van der Waals surface area contributed by atoms with E-state index in [1.54, 1.807) is 43.3 Å². The van der Waals surface area contributed by atoms with E-state index in [0.717, 1.165) is 23.3 Å². The number of benzene rings is 2. The summed E-state index contributed by atoms with van der Waals surface area (Å²) in [6.07, 6.45) is 1.65. The SMILES string of the molecule is C/C(=N\NS(=O)(=O)c1ccc(C)c(C)c1)c1ccc(NC(=O)/C=C/C(=O)O)cc1. The predicted molar refractivity (Wildman–Crippen MR) is 110 cm³/mol. The van der Waals surface area contributed by atoms with Gasteiger partial charge in [0.25, 0.3) is 10.0 Å². The quantitative estimate of drug-likeness (QED) is 0.364. The summed E-state index contributed by atoms with van der Waals surface area (Å²) in [5.41, 5.74) is 3.39. The number of sulfonamides is 1. The molecule has 0 aromatic heterocycles. The van der Waals surface area contributed by atoms with Gasteiger partial charge < -0.3 is 10.4 Å². The third-order valence-corrected chi connectivity index (χ3v) is 5.28. The molecule has 0 fully saturated rings. The Labute approximate surface area is 169 Å². The number of amides is 1. The van der Waals surface area contributed by atoms with Crippen LogP contribution in [0.1, 0.15) is 23.6 Å². The first-order valence-electron chi connectivity index (χ1n) is 8.54. The minimum atomic E-state index is -3.79. The molecule has 0 saturated heterocycles. The fourth-order valence-corrected chi connectivity index (χ4v) is 3.19. The molecule has 29 heavy (non-hydrogen) atoms. The van der Waals surface area contributed by atoms with Gasteiger partial charge in [-0.25, -0.2) is 4.79 Å². The molecule has 0 spiro atoms. The fourth-order valence-electron chi connectivity index (χ4n) is 2.25. The maximum absolute atomic E-state index is 12.4. The van der Waals surface area contributed by atoms with Crippen LogP contribution in [0.4, 0.5) is 5.69 Å². The van der Waals surface area contributed by atoms with Crippen molar-refractivity contribution in [3.8, 4) is 0 Å². The van der Waals surface area contributed by atoms with E-state index in [1.165, 1.54) is 6.07 Å². The molecule has 9 heteroatoms. The lowest BCUT2D eigenvalue weighted by molar-refractivity contribution is -0.131. The zero-order chi connectivity index (χ0) is 21.6. The second kappa shape index (κ2) is 9.16. The smallest absolute Gasteiger partial charge is 0.328 e. The molecule has 2 rings (SSSR count). The van der Waals surface area contributed by atoms with Gasteiger partial charge in [-0.2, -0.15) is 18.4 Å². The molecular weight excluding hydrogens is 394 g/mol. The minimum Gasteiger partial charge on any atom is -0.478 e. The molecule has 2 aromatic rings. The van der Waals surface area contributed by atoms with Crippen LogP contribution in [0.5, 0.6) is 0 Å². The summed E-state index contributed by atoms with van der Waals surface area (Å²) < 4.78 is 24.8. The van der Waals surface area contributed by atoms with E-state index in [4.69, 9.17) is 5.11 Å². The van der Waals surface area contributed by atoms with Gasteiger partial charge in [0.2, 0.25) is 5.91 Å². The average Bonchev–Trinajstić information content (AvgIpc) is 2.67. The standard InChI is InChI=1S/C20H21N3O5S/c1-13-4-9-18(12-14(13)2)29(27,28)23-22-15(3)16-5-7-17(8-6-16)21-19(24)10-11-20(25)26/h4-12,23H,1-3H3,(H,21,24)(H,25,26)/b11-10+,22-15+. The van der Waals surface area contributed by atoms with E-state index in [0.29, 0.717) is 17.0 Å². The van der Waals surface area contributed by atoms with Crippen LogP contribution in [-0.2, 0) is 19.6 Å². The Morgan fingerprint density at radius 2 is 1.66 bits per heavy atom. The number of carbonyl (C=O) groups excluding carboxylic acids is 1. The number of nitrogens with zero attached hydrogens (tertiary/aromatic N) is 1. The molecule has 8 nitrogen and oxygen atoms in total. The minimum absolute atomic E-state index is 0.129. The maximum atomic E-state index is 12.4. The molecule has 0 radical (unpaired) electrons. The Morgan fingerprint density at radius 3 is 2.24 bits per heavy atom. The maximum Gasteiger partial charge on any atom is 0.328 e. The van der Waals surface area contributed by atoms with Gasteiger partial charge in [0.15, 0.2) is 0 Å². The summed E-state index contributed by atoms with van der Waals surface area (Å²) in [7, 11) is -3.79. The fraction of sp³-hybridized carbons (Fsp3) is 0.150. The largest absolute Gasteiger partial charge is 0.478 e. The second-order valence-electron chi connectivity index (χ2n) is 6.28. The van der Waals surface area contributed by atoms with Crippen LogP contribution in [0, 0.1) is 13.8 Å². The lowest BCUT2D eigenvalue weighted by atomic mass is 10.1. The van der Waals surface area contributed by atoms with Crippen LogP contribution < -0.4 is 10.1 Å². The molecule has 0 atom stereocenters. The van der Waals surface area contributed by atoms with Crippen LogP contribution in [0.2, 0.25) is 0 Å². The molecule has 2 aromatic carbocycles. The third kappa shape index (κ3) is 6.28. The van der Waals surface area contributed by atoms with Crippen molar-refractivity contribution in [1.82, 2.24) is 4.83 Å². The van der Waals surface area contributed by atoms with Crippen LogP contribution >= 0.6 is 0 Å². The lowest BCUT2D eigenvalue weighted by Crippen LogP contribution is -2.20. The summed E-state index contributed by atoms with van der Waals surface area (Å²) in [4.78, 5) is 24.3. The van der Waals surface area contributed by atoms with Crippen molar-refractivity contribution in [3.63, 3.8) is 0 Å². The van der Waals surface area contributed by atoms with E-state index in [2.05, 4.69) is 15.2 Å². The monoisotopic (exact) mass is 415 g/mol. The van der Waals surface area contributed by atoms with Gasteiger partial charge in [0.1, 0.15) is 0 Å². The highest BCUT2D eigenvalue weighted by molar-refractivity contribution is 7.89. The first-order valence-corrected chi connectivity index (χ1v) is 10.0. The number of hydrogen-bond donors (Lipinski definition) is 3. The summed E-state index contributed by atoms with van der Waals surface area (Å²) in [6, 6.07) is 11.3. The normalized spacial score (nSPS) is 12.0. The molecular formula is C20H21N3O5S. The van der Waals surface area contributed by atoms with Gasteiger partial charge in [-0.1, -0.05) is 18.2 Å². The van der Waals surface area contributed by atoms with Gasteiger partial charge in [-0.15, -0.1) is 0 Å². The molecule has 0 aliphatic carbocycles. The summed E-state index contributed by atoms with van der Waals surface area (Å²) in [5, 5.41) is 15.0. The van der Waals surface area contributed by atoms with Gasteiger partial charge in [0, 0.05) is 17.8 Å². The lowest BCUT2D eigenvalue weighted by Gasteiger charge is -2.08. The summed E-state index contributed by atoms with van der Waals surface area (Å²) in [6.45, 7) is 5.38.